The van der Waals surface area contributed by atoms with Gasteiger partial charge in [0.05, 0.1) is 12.8 Å². The number of methoxy groups -OCH3 is 1. The second-order valence-electron chi connectivity index (χ2n) is 2.14. The number of nitrogens with two attached hydrogens (primary N) is 1. The maximum absolute atomic E-state index is 12.8. The van der Waals surface area contributed by atoms with E-state index >= 15 is 0 Å². The van der Waals surface area contributed by atoms with Gasteiger partial charge in [-0.05, 0) is 0 Å². The van der Waals surface area contributed by atoms with Crippen molar-refractivity contribution >= 4 is 5.69 Å². The van der Waals surface area contributed by atoms with Crippen LogP contribution in [-0.4, -0.2) is 12.2 Å². The van der Waals surface area contributed by atoms with Crippen molar-refractivity contribution in [3.05, 3.63) is 17.7 Å². The van der Waals surface area contributed by atoms with Crippen LogP contribution in [0.3, 0.4) is 0 Å². The van der Waals surface area contributed by atoms with Gasteiger partial charge in [-0.2, -0.15) is 4.39 Å². The summed E-state index contributed by atoms with van der Waals surface area (Å²) in [5.74, 6) is -3.56. The summed E-state index contributed by atoms with van der Waals surface area (Å²) in [5.41, 5.74) is 4.70. The molecule has 0 aliphatic rings. The second-order valence-corrected chi connectivity index (χ2v) is 2.14. The van der Waals surface area contributed by atoms with Crippen LogP contribution in [0.2, 0.25) is 0 Å². The number of aromatic hydroxyl groups is 1. The lowest BCUT2D eigenvalue weighted by atomic mass is 10.2. The van der Waals surface area contributed by atoms with Gasteiger partial charge in [-0.15, -0.1) is 0 Å². The molecule has 0 saturated heterocycles. The third-order valence-corrected chi connectivity index (χ3v) is 1.38. The Balaban J connectivity index is 3.40. The number of hydrogen-bond donors (Lipinski definition) is 2. The van der Waals surface area contributed by atoms with Crippen molar-refractivity contribution in [3.63, 3.8) is 0 Å². The lowest BCUT2D eigenvalue weighted by molar-refractivity contribution is 0.343. The molecule has 0 bridgehead atoms. The van der Waals surface area contributed by atoms with Crippen LogP contribution in [-0.2, 0) is 0 Å². The van der Waals surface area contributed by atoms with Gasteiger partial charge >= 0.3 is 0 Å². The Bertz CT molecular complexity index is 315. The molecule has 0 aliphatic carbocycles. The Hall–Kier alpha value is -1.52. The number of ether oxygens (including phenoxy) is 1. The fourth-order valence-corrected chi connectivity index (χ4v) is 0.797. The van der Waals surface area contributed by atoms with E-state index in [1.165, 1.54) is 0 Å². The maximum atomic E-state index is 12.8. The predicted octanol–water partition coefficient (Wildman–Crippen LogP) is 1.26. The van der Waals surface area contributed by atoms with E-state index in [9.17, 15) is 8.78 Å². The number of phenolic OH excluding ortho intramolecular Hbond substituents is 1. The van der Waals surface area contributed by atoms with Crippen LogP contribution in [0.25, 0.3) is 0 Å². The van der Waals surface area contributed by atoms with Gasteiger partial charge in [-0.1, -0.05) is 0 Å². The zero-order valence-electron chi connectivity index (χ0n) is 6.27. The first-order valence-corrected chi connectivity index (χ1v) is 3.08. The van der Waals surface area contributed by atoms with Crippen LogP contribution in [0, 0.1) is 11.6 Å². The van der Waals surface area contributed by atoms with Crippen molar-refractivity contribution in [1.29, 1.82) is 0 Å². The van der Waals surface area contributed by atoms with E-state index in [2.05, 4.69) is 4.74 Å². The monoisotopic (exact) mass is 175 g/mol. The zero-order valence-corrected chi connectivity index (χ0v) is 6.27. The second kappa shape index (κ2) is 2.84. The largest absolute Gasteiger partial charge is 0.503 e. The maximum Gasteiger partial charge on any atom is 0.211 e. The molecule has 1 rings (SSSR count). The molecule has 0 aliphatic heterocycles. The van der Waals surface area contributed by atoms with Crippen molar-refractivity contribution in [1.82, 2.24) is 0 Å². The van der Waals surface area contributed by atoms with E-state index in [1.54, 1.807) is 0 Å². The van der Waals surface area contributed by atoms with Crippen molar-refractivity contribution in [2.45, 2.75) is 0 Å². The Labute approximate surface area is 67.4 Å². The first kappa shape index (κ1) is 8.58. The molecule has 0 aromatic heterocycles. The highest BCUT2D eigenvalue weighted by Crippen LogP contribution is 2.33. The summed E-state index contributed by atoms with van der Waals surface area (Å²) in [5, 5.41) is 8.90. The molecule has 3 N–H and O–H groups in total. The summed E-state index contributed by atoms with van der Waals surface area (Å²) in [6.45, 7) is 0. The third kappa shape index (κ3) is 1.13. The molecule has 12 heavy (non-hydrogen) atoms. The third-order valence-electron chi connectivity index (χ3n) is 1.38. The van der Waals surface area contributed by atoms with E-state index in [1.807, 2.05) is 0 Å². The minimum absolute atomic E-state index is 0.356. The Morgan fingerprint density at radius 3 is 2.58 bits per heavy atom. The lowest BCUT2D eigenvalue weighted by Gasteiger charge is -2.06. The Morgan fingerprint density at radius 2 is 2.08 bits per heavy atom. The van der Waals surface area contributed by atoms with Crippen LogP contribution < -0.4 is 10.5 Å². The lowest BCUT2D eigenvalue weighted by Crippen LogP contribution is -1.96. The smallest absolute Gasteiger partial charge is 0.211 e. The summed E-state index contributed by atoms with van der Waals surface area (Å²) in [6.07, 6.45) is 0. The van der Waals surface area contributed by atoms with Crippen molar-refractivity contribution < 1.29 is 18.6 Å². The Kier molecular flexibility index (Phi) is 2.03. The van der Waals surface area contributed by atoms with Gasteiger partial charge < -0.3 is 15.6 Å². The summed E-state index contributed by atoms with van der Waals surface area (Å²) < 4.78 is 29.9. The van der Waals surface area contributed by atoms with Crippen LogP contribution in [0.4, 0.5) is 14.5 Å². The van der Waals surface area contributed by atoms with Gasteiger partial charge in [-0.3, -0.25) is 0 Å². The van der Waals surface area contributed by atoms with Gasteiger partial charge in [0.1, 0.15) is 0 Å². The van der Waals surface area contributed by atoms with Gasteiger partial charge in [0.15, 0.2) is 17.3 Å². The molecule has 0 atom stereocenters. The SMILES string of the molecule is COc1c(F)cc(N)c(O)c1F. The molecule has 0 saturated carbocycles. The molecule has 1 aromatic carbocycles. The van der Waals surface area contributed by atoms with E-state index in [-0.39, 0.29) is 5.69 Å². The molecule has 0 spiro atoms. The normalized spacial score (nSPS) is 9.92. The number of anilines is 1. The molecule has 0 heterocycles. The van der Waals surface area contributed by atoms with E-state index in [0.29, 0.717) is 0 Å². The van der Waals surface area contributed by atoms with Crippen molar-refractivity contribution in [3.8, 4) is 11.5 Å². The average molecular weight is 175 g/mol. The molecule has 66 valence electrons. The quantitative estimate of drug-likeness (QED) is 0.499. The van der Waals surface area contributed by atoms with Gasteiger partial charge in [0.2, 0.25) is 5.82 Å². The van der Waals surface area contributed by atoms with Crippen LogP contribution in [0.15, 0.2) is 6.07 Å². The Morgan fingerprint density at radius 1 is 1.50 bits per heavy atom. The summed E-state index contributed by atoms with van der Waals surface area (Å²) in [6, 6.07) is 0.789. The highest BCUT2D eigenvalue weighted by molar-refractivity contribution is 5.56. The minimum Gasteiger partial charge on any atom is -0.503 e. The highest BCUT2D eigenvalue weighted by Gasteiger charge is 2.16. The van der Waals surface area contributed by atoms with Crippen LogP contribution in [0.1, 0.15) is 0 Å². The van der Waals surface area contributed by atoms with E-state index in [0.717, 1.165) is 13.2 Å². The highest BCUT2D eigenvalue weighted by atomic mass is 19.1. The molecule has 0 fully saturated rings. The molecular formula is C7H7F2NO2. The molecule has 0 radical (unpaired) electrons. The number of hydrogen-bond acceptors (Lipinski definition) is 3. The van der Waals surface area contributed by atoms with Gasteiger partial charge in [-0.25, -0.2) is 4.39 Å². The average Bonchev–Trinajstić information content (AvgIpc) is 2.01. The summed E-state index contributed by atoms with van der Waals surface area (Å²) in [4.78, 5) is 0. The zero-order chi connectivity index (χ0) is 9.30. The molecular weight excluding hydrogens is 168 g/mol. The summed E-state index contributed by atoms with van der Waals surface area (Å²) >= 11 is 0. The number of rotatable bonds is 1. The molecule has 3 nitrogen and oxygen atoms in total. The minimum atomic E-state index is -1.19. The fraction of sp³-hybridized carbons (Fsp3) is 0.143. The fourth-order valence-electron chi connectivity index (χ4n) is 0.797. The molecule has 0 unspecified atom stereocenters. The first-order valence-electron chi connectivity index (χ1n) is 3.08. The van der Waals surface area contributed by atoms with Crippen LogP contribution >= 0.6 is 0 Å². The number of benzene rings is 1. The number of nitrogen functional groups attached to an aromatic ring is 1. The first-order chi connectivity index (χ1) is 5.57. The van der Waals surface area contributed by atoms with Gasteiger partial charge in [0.25, 0.3) is 0 Å². The topological polar surface area (TPSA) is 55.5 Å². The molecule has 1 aromatic rings. The van der Waals surface area contributed by atoms with E-state index in [4.69, 9.17) is 10.8 Å². The molecule has 5 heteroatoms. The van der Waals surface area contributed by atoms with Gasteiger partial charge in [0, 0.05) is 6.07 Å². The van der Waals surface area contributed by atoms with Crippen molar-refractivity contribution in [2.75, 3.05) is 12.8 Å². The summed E-state index contributed by atoms with van der Waals surface area (Å²) in [7, 11) is 1.09. The van der Waals surface area contributed by atoms with Crippen molar-refractivity contribution in [2.24, 2.45) is 0 Å². The molecule has 0 amide bonds. The standard InChI is InChI=1S/C7H7F2NO2/c1-12-7-3(8)2-4(10)6(11)5(7)9/h2,11H,10H2,1H3. The van der Waals surface area contributed by atoms with Crippen LogP contribution in [0.5, 0.6) is 11.5 Å². The number of phenols is 1. The number of halogens is 2. The van der Waals surface area contributed by atoms with E-state index < -0.39 is 23.1 Å². The predicted molar refractivity (Wildman–Crippen MR) is 39.0 cm³/mol.